The number of nitrogens with zero attached hydrogens (tertiary/aromatic N) is 2. The molecule has 0 aliphatic heterocycles. The SMILES string of the molecule is Cc1cccc(N(CC(=O)N(Cc2ccccc2)[C@H](C)C(=O)NC2CCCCC2)S(=O)(=O)c2ccccc2)c1C. The van der Waals surface area contributed by atoms with Crippen molar-refractivity contribution in [2.45, 2.75) is 76.4 Å². The molecule has 2 amide bonds. The van der Waals surface area contributed by atoms with E-state index in [-0.39, 0.29) is 23.4 Å². The second kappa shape index (κ2) is 13.1. The number of rotatable bonds is 10. The number of hydrogen-bond donors (Lipinski definition) is 1. The Morgan fingerprint density at radius 3 is 2.15 bits per heavy atom. The van der Waals surface area contributed by atoms with Gasteiger partial charge >= 0.3 is 0 Å². The van der Waals surface area contributed by atoms with Crippen LogP contribution in [0.1, 0.15) is 55.7 Å². The summed E-state index contributed by atoms with van der Waals surface area (Å²) < 4.78 is 29.1. The number of nitrogens with one attached hydrogen (secondary N) is 1. The molecule has 3 aromatic rings. The molecule has 3 aromatic carbocycles. The van der Waals surface area contributed by atoms with Crippen LogP contribution < -0.4 is 9.62 Å². The van der Waals surface area contributed by atoms with Crippen molar-refractivity contribution in [1.82, 2.24) is 10.2 Å². The van der Waals surface area contributed by atoms with Crippen molar-refractivity contribution in [2.75, 3.05) is 10.8 Å². The third-order valence-electron chi connectivity index (χ3n) is 7.77. The van der Waals surface area contributed by atoms with E-state index >= 15 is 0 Å². The molecular formula is C32H39N3O4S. The van der Waals surface area contributed by atoms with Crippen LogP contribution in [0.4, 0.5) is 5.69 Å². The van der Waals surface area contributed by atoms with Gasteiger partial charge in [0.1, 0.15) is 12.6 Å². The standard InChI is InChI=1S/C32H39N3O4S/c1-24-14-13-21-30(25(24)2)35(40(38,39)29-19-11-6-12-20-29)23-31(36)34(22-27-15-7-4-8-16-27)26(3)32(37)33-28-17-9-5-10-18-28/h4,6-8,11-16,19-21,26,28H,5,9-10,17-18,22-23H2,1-3H3,(H,33,37)/t26-/m1/s1. The Morgan fingerprint density at radius 2 is 1.50 bits per heavy atom. The molecule has 0 radical (unpaired) electrons. The summed E-state index contributed by atoms with van der Waals surface area (Å²) in [5, 5.41) is 3.13. The zero-order valence-corrected chi connectivity index (χ0v) is 24.4. The largest absolute Gasteiger partial charge is 0.352 e. The van der Waals surface area contributed by atoms with Gasteiger partial charge in [-0.2, -0.15) is 0 Å². The Morgan fingerprint density at radius 1 is 0.875 bits per heavy atom. The predicted octanol–water partition coefficient (Wildman–Crippen LogP) is 5.36. The van der Waals surface area contributed by atoms with Crippen LogP contribution in [0.5, 0.6) is 0 Å². The molecular weight excluding hydrogens is 522 g/mol. The van der Waals surface area contributed by atoms with Crippen LogP contribution in [-0.4, -0.2) is 43.8 Å². The number of sulfonamides is 1. The number of carbonyl (C=O) groups excluding carboxylic acids is 2. The molecule has 0 saturated heterocycles. The third kappa shape index (κ3) is 6.91. The van der Waals surface area contributed by atoms with Crippen LogP contribution in [0.25, 0.3) is 0 Å². The molecule has 212 valence electrons. The van der Waals surface area contributed by atoms with Crippen LogP contribution in [0.15, 0.2) is 83.8 Å². The summed E-state index contributed by atoms with van der Waals surface area (Å²) in [5.74, 6) is -0.670. The summed E-state index contributed by atoms with van der Waals surface area (Å²) in [5.41, 5.74) is 2.99. The minimum absolute atomic E-state index is 0.0985. The molecule has 0 aromatic heterocycles. The van der Waals surface area contributed by atoms with Gasteiger partial charge < -0.3 is 10.2 Å². The van der Waals surface area contributed by atoms with E-state index in [0.717, 1.165) is 42.4 Å². The van der Waals surface area contributed by atoms with E-state index in [4.69, 9.17) is 0 Å². The minimum Gasteiger partial charge on any atom is -0.352 e. The summed E-state index contributed by atoms with van der Waals surface area (Å²) >= 11 is 0. The van der Waals surface area contributed by atoms with Gasteiger partial charge in [-0.15, -0.1) is 0 Å². The highest BCUT2D eigenvalue weighted by Gasteiger charge is 2.33. The molecule has 7 nitrogen and oxygen atoms in total. The lowest BCUT2D eigenvalue weighted by Gasteiger charge is -2.33. The molecule has 4 rings (SSSR count). The maximum Gasteiger partial charge on any atom is 0.264 e. The minimum atomic E-state index is -4.08. The molecule has 40 heavy (non-hydrogen) atoms. The highest BCUT2D eigenvalue weighted by molar-refractivity contribution is 7.92. The van der Waals surface area contributed by atoms with Crippen LogP contribution in [0.3, 0.4) is 0 Å². The lowest BCUT2D eigenvalue weighted by Crippen LogP contribution is -2.53. The molecule has 1 fully saturated rings. The maximum atomic E-state index is 14.1. The number of aryl methyl sites for hydroxylation is 1. The predicted molar refractivity (Wildman–Crippen MR) is 158 cm³/mol. The average Bonchev–Trinajstić information content (AvgIpc) is 2.97. The molecule has 1 N–H and O–H groups in total. The molecule has 0 spiro atoms. The molecule has 1 saturated carbocycles. The Kier molecular flexibility index (Phi) is 9.63. The fourth-order valence-corrected chi connectivity index (χ4v) is 6.66. The van der Waals surface area contributed by atoms with Gasteiger partial charge in [-0.3, -0.25) is 13.9 Å². The number of amides is 2. The summed E-state index contributed by atoms with van der Waals surface area (Å²) in [7, 11) is -4.08. The van der Waals surface area contributed by atoms with Crippen LogP contribution in [0, 0.1) is 13.8 Å². The van der Waals surface area contributed by atoms with E-state index in [9.17, 15) is 18.0 Å². The van der Waals surface area contributed by atoms with E-state index in [0.29, 0.717) is 5.69 Å². The second-order valence-electron chi connectivity index (χ2n) is 10.6. The first-order valence-corrected chi connectivity index (χ1v) is 15.4. The lowest BCUT2D eigenvalue weighted by atomic mass is 9.95. The zero-order chi connectivity index (χ0) is 28.7. The fourth-order valence-electron chi connectivity index (χ4n) is 5.17. The Hall–Kier alpha value is -3.65. The maximum absolute atomic E-state index is 14.1. The second-order valence-corrected chi connectivity index (χ2v) is 12.4. The van der Waals surface area contributed by atoms with Crippen molar-refractivity contribution in [2.24, 2.45) is 0 Å². The van der Waals surface area contributed by atoms with Crippen molar-refractivity contribution in [3.63, 3.8) is 0 Å². The number of carbonyl (C=O) groups is 2. The Balaban J connectivity index is 1.68. The van der Waals surface area contributed by atoms with Gasteiger partial charge in [0.05, 0.1) is 10.6 Å². The van der Waals surface area contributed by atoms with Gasteiger partial charge in [0, 0.05) is 12.6 Å². The summed E-state index contributed by atoms with van der Waals surface area (Å²) in [6.45, 7) is 5.23. The van der Waals surface area contributed by atoms with Crippen LogP contribution in [-0.2, 0) is 26.2 Å². The topological polar surface area (TPSA) is 86.8 Å². The van der Waals surface area contributed by atoms with Crippen LogP contribution >= 0.6 is 0 Å². The molecule has 8 heteroatoms. The van der Waals surface area contributed by atoms with E-state index in [1.807, 2.05) is 50.2 Å². The van der Waals surface area contributed by atoms with Gasteiger partial charge in [0.25, 0.3) is 10.0 Å². The van der Waals surface area contributed by atoms with E-state index in [1.165, 1.54) is 27.8 Å². The van der Waals surface area contributed by atoms with Gasteiger partial charge in [-0.05, 0) is 68.5 Å². The van der Waals surface area contributed by atoms with Crippen molar-refractivity contribution < 1.29 is 18.0 Å². The first-order chi connectivity index (χ1) is 19.2. The average molecular weight is 562 g/mol. The van der Waals surface area contributed by atoms with E-state index < -0.39 is 28.5 Å². The fraction of sp³-hybridized carbons (Fsp3) is 0.375. The van der Waals surface area contributed by atoms with Crippen molar-refractivity contribution >= 4 is 27.5 Å². The quantitative estimate of drug-likeness (QED) is 0.361. The van der Waals surface area contributed by atoms with Crippen molar-refractivity contribution in [1.29, 1.82) is 0 Å². The number of anilines is 1. The summed E-state index contributed by atoms with van der Waals surface area (Å²) in [6.07, 6.45) is 5.19. The highest BCUT2D eigenvalue weighted by atomic mass is 32.2. The normalized spacial score (nSPS) is 14.8. The monoisotopic (exact) mass is 561 g/mol. The highest BCUT2D eigenvalue weighted by Crippen LogP contribution is 2.29. The lowest BCUT2D eigenvalue weighted by molar-refractivity contribution is -0.139. The summed E-state index contributed by atoms with van der Waals surface area (Å²) in [6, 6.07) is 22.3. The first-order valence-electron chi connectivity index (χ1n) is 14.0. The van der Waals surface area contributed by atoms with E-state index in [1.54, 1.807) is 37.3 Å². The molecule has 1 aliphatic carbocycles. The van der Waals surface area contributed by atoms with Gasteiger partial charge in [-0.1, -0.05) is 79.9 Å². The molecule has 0 heterocycles. The molecule has 0 bridgehead atoms. The summed E-state index contributed by atoms with van der Waals surface area (Å²) in [4.78, 5) is 29.1. The molecule has 0 unspecified atom stereocenters. The zero-order valence-electron chi connectivity index (χ0n) is 23.5. The number of hydrogen-bond acceptors (Lipinski definition) is 4. The van der Waals surface area contributed by atoms with Gasteiger partial charge in [0.2, 0.25) is 11.8 Å². The van der Waals surface area contributed by atoms with E-state index in [2.05, 4.69) is 5.32 Å². The van der Waals surface area contributed by atoms with Gasteiger partial charge in [-0.25, -0.2) is 8.42 Å². The number of benzene rings is 3. The first kappa shape index (κ1) is 29.3. The van der Waals surface area contributed by atoms with Crippen LogP contribution in [0.2, 0.25) is 0 Å². The molecule has 1 atom stereocenters. The Bertz CT molecular complexity index is 1400. The third-order valence-corrected chi connectivity index (χ3v) is 9.54. The smallest absolute Gasteiger partial charge is 0.264 e. The Labute approximate surface area is 238 Å². The van der Waals surface area contributed by atoms with Crippen molar-refractivity contribution in [3.8, 4) is 0 Å². The molecule has 1 aliphatic rings. The van der Waals surface area contributed by atoms with Gasteiger partial charge in [0.15, 0.2) is 0 Å². The van der Waals surface area contributed by atoms with Crippen molar-refractivity contribution in [3.05, 3.63) is 95.6 Å².